The Labute approximate surface area is 100 Å². The molecule has 0 unspecified atom stereocenters. The highest BCUT2D eigenvalue weighted by molar-refractivity contribution is 5.85. The molecule has 0 aliphatic heterocycles. The van der Waals surface area contributed by atoms with E-state index in [9.17, 15) is 9.18 Å². The molecule has 1 rings (SSSR count). The summed E-state index contributed by atoms with van der Waals surface area (Å²) in [6.07, 6.45) is 2.21. The van der Waals surface area contributed by atoms with Gasteiger partial charge in [0.25, 0.3) is 0 Å². The second-order valence-corrected chi connectivity index (χ2v) is 3.86. The lowest BCUT2D eigenvalue weighted by atomic mass is 10.1. The summed E-state index contributed by atoms with van der Waals surface area (Å²) in [4.78, 5) is 12.5. The monoisotopic (exact) mass is 237 g/mol. The van der Waals surface area contributed by atoms with Gasteiger partial charge in [0.15, 0.2) is 0 Å². The van der Waals surface area contributed by atoms with E-state index in [0.29, 0.717) is 12.1 Å². The Morgan fingerprint density at radius 2 is 2.24 bits per heavy atom. The van der Waals surface area contributed by atoms with Crippen molar-refractivity contribution < 1.29 is 14.3 Å². The molecular formula is C13H16FNO2. The summed E-state index contributed by atoms with van der Waals surface area (Å²) >= 11 is 0. The highest BCUT2D eigenvalue weighted by atomic mass is 19.1. The molecule has 0 amide bonds. The summed E-state index contributed by atoms with van der Waals surface area (Å²) in [7, 11) is 1.97. The molecular weight excluding hydrogens is 221 g/mol. The highest BCUT2D eigenvalue weighted by Crippen LogP contribution is 2.13. The van der Waals surface area contributed by atoms with Gasteiger partial charge in [-0.05, 0) is 37.4 Å². The summed E-state index contributed by atoms with van der Waals surface area (Å²) in [5.41, 5.74) is 1.26. The van der Waals surface area contributed by atoms with Gasteiger partial charge in [0.1, 0.15) is 5.82 Å². The van der Waals surface area contributed by atoms with E-state index in [0.717, 1.165) is 18.2 Å². The molecule has 1 aromatic rings. The second kappa shape index (κ2) is 6.15. The summed E-state index contributed by atoms with van der Waals surface area (Å²) in [5, 5.41) is 8.50. The lowest BCUT2D eigenvalue weighted by molar-refractivity contribution is -0.131. The molecule has 0 saturated carbocycles. The zero-order valence-electron chi connectivity index (χ0n) is 9.98. The van der Waals surface area contributed by atoms with Gasteiger partial charge in [-0.3, -0.25) is 0 Å². The second-order valence-electron chi connectivity index (χ2n) is 3.86. The largest absolute Gasteiger partial charge is 0.478 e. The molecule has 1 aromatic carbocycles. The van der Waals surface area contributed by atoms with E-state index in [-0.39, 0.29) is 0 Å². The maximum absolute atomic E-state index is 13.4. The van der Waals surface area contributed by atoms with Crippen LogP contribution in [0.2, 0.25) is 0 Å². The van der Waals surface area contributed by atoms with Crippen molar-refractivity contribution in [3.05, 3.63) is 41.2 Å². The average Bonchev–Trinajstić information content (AvgIpc) is 2.29. The van der Waals surface area contributed by atoms with Crippen LogP contribution in [0.4, 0.5) is 4.39 Å². The van der Waals surface area contributed by atoms with Crippen molar-refractivity contribution in [2.45, 2.75) is 13.5 Å². The van der Waals surface area contributed by atoms with Gasteiger partial charge in [0.05, 0.1) is 0 Å². The number of hydrogen-bond donors (Lipinski definition) is 1. The Morgan fingerprint density at radius 3 is 2.82 bits per heavy atom. The van der Waals surface area contributed by atoms with Crippen LogP contribution in [0.25, 0.3) is 6.08 Å². The minimum absolute atomic E-state index is 0.300. The minimum Gasteiger partial charge on any atom is -0.478 e. The van der Waals surface area contributed by atoms with Crippen molar-refractivity contribution in [2.24, 2.45) is 0 Å². The number of rotatable bonds is 5. The Kier molecular flexibility index (Phi) is 4.84. The van der Waals surface area contributed by atoms with Gasteiger partial charge in [-0.2, -0.15) is 0 Å². The number of halogens is 1. The van der Waals surface area contributed by atoms with Crippen LogP contribution in [0.5, 0.6) is 0 Å². The number of nitrogens with zero attached hydrogens (tertiary/aromatic N) is 1. The van der Waals surface area contributed by atoms with Gasteiger partial charge in [-0.25, -0.2) is 9.18 Å². The Morgan fingerprint density at radius 1 is 1.53 bits per heavy atom. The number of carboxylic acids is 1. The van der Waals surface area contributed by atoms with Gasteiger partial charge in [-0.15, -0.1) is 0 Å². The van der Waals surface area contributed by atoms with Gasteiger partial charge in [-0.1, -0.05) is 13.0 Å². The quantitative estimate of drug-likeness (QED) is 0.799. The normalized spacial score (nSPS) is 11.3. The standard InChI is InChI=1S/C13H16FNO2/c1-3-15(2)9-10-4-6-12(14)11(8-10)5-7-13(16)17/h4-8H,3,9H2,1-2H3,(H,16,17). The number of hydrogen-bond acceptors (Lipinski definition) is 2. The summed E-state index contributed by atoms with van der Waals surface area (Å²) in [6.45, 7) is 3.65. The number of benzene rings is 1. The van der Waals surface area contributed by atoms with Crippen molar-refractivity contribution >= 4 is 12.0 Å². The van der Waals surface area contributed by atoms with Gasteiger partial charge in [0, 0.05) is 18.2 Å². The third kappa shape index (κ3) is 4.36. The summed E-state index contributed by atoms with van der Waals surface area (Å²) in [6, 6.07) is 4.74. The Hall–Kier alpha value is -1.68. The predicted molar refractivity (Wildman–Crippen MR) is 65.1 cm³/mol. The number of carbonyl (C=O) groups is 1. The van der Waals surface area contributed by atoms with Crippen molar-refractivity contribution in [1.82, 2.24) is 4.90 Å². The van der Waals surface area contributed by atoms with Crippen molar-refractivity contribution in [2.75, 3.05) is 13.6 Å². The molecule has 92 valence electrons. The Bertz CT molecular complexity index is 429. The van der Waals surface area contributed by atoms with Gasteiger partial charge < -0.3 is 10.0 Å². The first kappa shape index (κ1) is 13.4. The van der Waals surface area contributed by atoms with Crippen molar-refractivity contribution in [1.29, 1.82) is 0 Å². The lowest BCUT2D eigenvalue weighted by Gasteiger charge is -2.14. The fraction of sp³-hybridized carbons (Fsp3) is 0.308. The van der Waals surface area contributed by atoms with Crippen molar-refractivity contribution in [3.8, 4) is 0 Å². The zero-order valence-corrected chi connectivity index (χ0v) is 9.98. The van der Waals surface area contributed by atoms with Crippen LogP contribution in [0.15, 0.2) is 24.3 Å². The van der Waals surface area contributed by atoms with E-state index in [1.807, 2.05) is 14.0 Å². The smallest absolute Gasteiger partial charge is 0.328 e. The van der Waals surface area contributed by atoms with E-state index in [2.05, 4.69) is 4.90 Å². The van der Waals surface area contributed by atoms with E-state index in [1.54, 1.807) is 12.1 Å². The first-order valence-electron chi connectivity index (χ1n) is 5.41. The van der Waals surface area contributed by atoms with Crippen LogP contribution in [-0.2, 0) is 11.3 Å². The summed E-state index contributed by atoms with van der Waals surface area (Å²) < 4.78 is 13.4. The number of aliphatic carboxylic acids is 1. The molecule has 0 bridgehead atoms. The third-order valence-electron chi connectivity index (χ3n) is 2.46. The molecule has 0 aliphatic rings. The topological polar surface area (TPSA) is 40.5 Å². The highest BCUT2D eigenvalue weighted by Gasteiger charge is 2.03. The van der Waals surface area contributed by atoms with E-state index in [1.165, 1.54) is 12.1 Å². The molecule has 3 nitrogen and oxygen atoms in total. The van der Waals surface area contributed by atoms with Crippen LogP contribution in [0, 0.1) is 5.82 Å². The zero-order chi connectivity index (χ0) is 12.8. The average molecular weight is 237 g/mol. The maximum Gasteiger partial charge on any atom is 0.328 e. The fourth-order valence-corrected chi connectivity index (χ4v) is 1.40. The van der Waals surface area contributed by atoms with E-state index >= 15 is 0 Å². The molecule has 0 atom stereocenters. The van der Waals surface area contributed by atoms with Crippen LogP contribution in [0.3, 0.4) is 0 Å². The van der Waals surface area contributed by atoms with Crippen LogP contribution in [0.1, 0.15) is 18.1 Å². The van der Waals surface area contributed by atoms with Gasteiger partial charge in [0.2, 0.25) is 0 Å². The van der Waals surface area contributed by atoms with Gasteiger partial charge >= 0.3 is 5.97 Å². The lowest BCUT2D eigenvalue weighted by Crippen LogP contribution is -2.16. The molecule has 17 heavy (non-hydrogen) atoms. The first-order chi connectivity index (χ1) is 8.02. The van der Waals surface area contributed by atoms with Crippen LogP contribution < -0.4 is 0 Å². The van der Waals surface area contributed by atoms with Crippen LogP contribution >= 0.6 is 0 Å². The first-order valence-corrected chi connectivity index (χ1v) is 5.41. The maximum atomic E-state index is 13.4. The summed E-state index contributed by atoms with van der Waals surface area (Å²) in [5.74, 6) is -1.49. The third-order valence-corrected chi connectivity index (χ3v) is 2.46. The minimum atomic E-state index is -1.08. The SMILES string of the molecule is CCN(C)Cc1ccc(F)c(C=CC(=O)O)c1. The fourth-order valence-electron chi connectivity index (χ4n) is 1.40. The molecule has 1 N–H and O–H groups in total. The molecule has 0 spiro atoms. The Balaban J connectivity index is 2.90. The van der Waals surface area contributed by atoms with Crippen LogP contribution in [-0.4, -0.2) is 29.6 Å². The molecule has 0 aromatic heterocycles. The molecule has 0 saturated heterocycles. The number of carboxylic acid groups (broad SMARTS) is 1. The predicted octanol–water partition coefficient (Wildman–Crippen LogP) is 2.38. The molecule has 0 fully saturated rings. The molecule has 0 heterocycles. The van der Waals surface area contributed by atoms with Crippen molar-refractivity contribution in [3.63, 3.8) is 0 Å². The molecule has 0 radical (unpaired) electrons. The van der Waals surface area contributed by atoms with E-state index in [4.69, 9.17) is 5.11 Å². The molecule has 4 heteroatoms. The van der Waals surface area contributed by atoms with E-state index < -0.39 is 11.8 Å². The molecule has 0 aliphatic carbocycles.